The lowest BCUT2D eigenvalue weighted by Crippen LogP contribution is -2.43. The fraction of sp³-hybridized carbons (Fsp3) is 0.320. The second kappa shape index (κ2) is 10.4. The Bertz CT molecular complexity index is 1230. The molecule has 1 aliphatic heterocycles. The number of carbonyl (C=O) groups excluding carboxylic acids is 1. The second-order valence-electron chi connectivity index (χ2n) is 8.65. The Balaban J connectivity index is 1.47. The number of nitrogens with zero attached hydrogens (tertiary/aromatic N) is 3. The Kier molecular flexibility index (Phi) is 7.31. The first-order chi connectivity index (χ1) is 16.3. The van der Waals surface area contributed by atoms with Gasteiger partial charge in [-0.3, -0.25) is 14.5 Å². The lowest BCUT2D eigenvalue weighted by Gasteiger charge is -2.32. The first kappa shape index (κ1) is 23.9. The molecule has 8 nitrogen and oxygen atoms in total. The highest BCUT2D eigenvalue weighted by Crippen LogP contribution is 2.20. The van der Waals surface area contributed by atoms with Crippen LogP contribution in [0.2, 0.25) is 5.02 Å². The van der Waals surface area contributed by atoms with Crippen LogP contribution in [0.25, 0.3) is 11.4 Å². The van der Waals surface area contributed by atoms with Gasteiger partial charge in [-0.1, -0.05) is 48.0 Å². The van der Waals surface area contributed by atoms with E-state index in [1.54, 1.807) is 6.07 Å². The molecule has 0 unspecified atom stereocenters. The van der Waals surface area contributed by atoms with Gasteiger partial charge >= 0.3 is 0 Å². The zero-order chi connectivity index (χ0) is 24.2. The lowest BCUT2D eigenvalue weighted by molar-refractivity contribution is 0.0942. The van der Waals surface area contributed by atoms with Gasteiger partial charge < -0.3 is 20.3 Å². The monoisotopic (exact) mass is 481 g/mol. The fourth-order valence-electron chi connectivity index (χ4n) is 3.81. The third-order valence-corrected chi connectivity index (χ3v) is 6.44. The van der Waals surface area contributed by atoms with Crippen molar-refractivity contribution in [3.8, 4) is 17.1 Å². The van der Waals surface area contributed by atoms with Crippen molar-refractivity contribution in [2.45, 2.75) is 20.0 Å². The molecule has 0 aliphatic carbocycles. The third-order valence-electron chi connectivity index (χ3n) is 6.03. The number of aromatic hydroxyl groups is 1. The van der Waals surface area contributed by atoms with Crippen molar-refractivity contribution < 1.29 is 9.90 Å². The molecule has 0 spiro atoms. The van der Waals surface area contributed by atoms with Crippen LogP contribution >= 0.6 is 11.6 Å². The summed E-state index contributed by atoms with van der Waals surface area (Å²) in [6.07, 6.45) is 0. The van der Waals surface area contributed by atoms with Crippen LogP contribution in [0.15, 0.2) is 47.3 Å². The van der Waals surface area contributed by atoms with Crippen LogP contribution in [0.4, 0.5) is 0 Å². The highest BCUT2D eigenvalue weighted by Gasteiger charge is 2.19. The molecule has 3 aromatic rings. The third kappa shape index (κ3) is 5.64. The van der Waals surface area contributed by atoms with E-state index in [0.717, 1.165) is 49.4 Å². The Morgan fingerprint density at radius 2 is 1.79 bits per heavy atom. The largest absolute Gasteiger partial charge is 0.501 e. The molecule has 1 fully saturated rings. The van der Waals surface area contributed by atoms with Gasteiger partial charge in [-0.05, 0) is 36.7 Å². The Morgan fingerprint density at radius 3 is 2.47 bits per heavy atom. The van der Waals surface area contributed by atoms with Gasteiger partial charge in [0.2, 0.25) is 5.75 Å². The smallest absolute Gasteiger partial charge is 0.294 e. The van der Waals surface area contributed by atoms with Gasteiger partial charge in [0.25, 0.3) is 11.5 Å². The molecule has 0 bridgehead atoms. The predicted molar refractivity (Wildman–Crippen MR) is 132 cm³/mol. The number of amides is 1. The summed E-state index contributed by atoms with van der Waals surface area (Å²) in [7, 11) is 2.13. The predicted octanol–water partition coefficient (Wildman–Crippen LogP) is 2.78. The lowest BCUT2D eigenvalue weighted by atomic mass is 10.1. The molecule has 0 atom stereocenters. The molecule has 3 N–H and O–H groups in total. The number of aryl methyl sites for hydroxylation is 1. The summed E-state index contributed by atoms with van der Waals surface area (Å²) < 4.78 is 0. The highest BCUT2D eigenvalue weighted by molar-refractivity contribution is 6.31. The van der Waals surface area contributed by atoms with Crippen LogP contribution in [-0.4, -0.2) is 64.0 Å². The van der Waals surface area contributed by atoms with E-state index in [2.05, 4.69) is 32.1 Å². The van der Waals surface area contributed by atoms with E-state index < -0.39 is 17.2 Å². The molecule has 0 radical (unpaired) electrons. The molecule has 1 saturated heterocycles. The molecule has 9 heteroatoms. The maximum absolute atomic E-state index is 12.7. The van der Waals surface area contributed by atoms with Crippen LogP contribution in [0.1, 0.15) is 27.2 Å². The minimum atomic E-state index is -0.768. The van der Waals surface area contributed by atoms with Crippen LogP contribution < -0.4 is 10.9 Å². The first-order valence-corrected chi connectivity index (χ1v) is 11.5. The van der Waals surface area contributed by atoms with E-state index in [-0.39, 0.29) is 18.1 Å². The van der Waals surface area contributed by atoms with Gasteiger partial charge in [0.15, 0.2) is 5.69 Å². The van der Waals surface area contributed by atoms with E-state index in [9.17, 15) is 14.7 Å². The number of hydrogen-bond donors (Lipinski definition) is 3. The Hall–Kier alpha value is -3.20. The van der Waals surface area contributed by atoms with Crippen molar-refractivity contribution in [2.24, 2.45) is 0 Å². The summed E-state index contributed by atoms with van der Waals surface area (Å²) >= 11 is 6.14. The number of carbonyl (C=O) groups is 1. The summed E-state index contributed by atoms with van der Waals surface area (Å²) in [6, 6.07) is 13.2. The molecule has 2 aromatic carbocycles. The minimum absolute atomic E-state index is 0.184. The van der Waals surface area contributed by atoms with E-state index >= 15 is 0 Å². The molecule has 1 aromatic heterocycles. The van der Waals surface area contributed by atoms with Crippen LogP contribution in [0.3, 0.4) is 0 Å². The number of nitrogens with one attached hydrogen (secondary N) is 2. The quantitative estimate of drug-likeness (QED) is 0.500. The number of benzene rings is 2. The summed E-state index contributed by atoms with van der Waals surface area (Å²) in [5.74, 6) is -1.14. The van der Waals surface area contributed by atoms with Gasteiger partial charge in [0.1, 0.15) is 5.82 Å². The maximum Gasteiger partial charge on any atom is 0.294 e. The summed E-state index contributed by atoms with van der Waals surface area (Å²) in [5.41, 5.74) is 2.45. The summed E-state index contributed by atoms with van der Waals surface area (Å²) in [4.78, 5) is 36.5. The Morgan fingerprint density at radius 1 is 1.12 bits per heavy atom. The normalized spacial score (nSPS) is 14.8. The standard InChI is InChI=1S/C25H28ClN5O3/c1-16-3-4-18(13-20(16)26)14-27-24(33)21-22(32)25(34)29-23(28-21)19-7-5-17(6-8-19)15-31-11-9-30(2)10-12-31/h3-8,13,32H,9-12,14-15H2,1-2H3,(H,27,33)(H,28,29,34). The van der Waals surface area contributed by atoms with Crippen molar-refractivity contribution in [3.63, 3.8) is 0 Å². The summed E-state index contributed by atoms with van der Waals surface area (Å²) in [6.45, 7) is 7.09. The zero-order valence-electron chi connectivity index (χ0n) is 19.3. The topological polar surface area (TPSA) is 102 Å². The number of likely N-dealkylation sites (N-methyl/N-ethyl adjacent to an activating group) is 1. The molecule has 1 amide bonds. The molecule has 1 aliphatic rings. The number of piperazine rings is 1. The highest BCUT2D eigenvalue weighted by atomic mass is 35.5. The van der Waals surface area contributed by atoms with Gasteiger partial charge in [-0.25, -0.2) is 4.98 Å². The van der Waals surface area contributed by atoms with Crippen molar-refractivity contribution in [3.05, 3.63) is 80.2 Å². The van der Waals surface area contributed by atoms with Crippen molar-refractivity contribution in [2.75, 3.05) is 33.2 Å². The molecular weight excluding hydrogens is 454 g/mol. The molecule has 2 heterocycles. The maximum atomic E-state index is 12.7. The Labute approximate surface area is 203 Å². The number of aromatic amines is 1. The SMILES string of the molecule is Cc1ccc(CNC(=O)c2nc(-c3ccc(CN4CCN(C)CC4)cc3)[nH]c(=O)c2O)cc1Cl. The molecular formula is C25H28ClN5O3. The average molecular weight is 482 g/mol. The van der Waals surface area contributed by atoms with Crippen molar-refractivity contribution >= 4 is 17.5 Å². The number of rotatable bonds is 6. The fourth-order valence-corrected chi connectivity index (χ4v) is 4.01. The summed E-state index contributed by atoms with van der Waals surface area (Å²) in [5, 5.41) is 13.4. The first-order valence-electron chi connectivity index (χ1n) is 11.2. The van der Waals surface area contributed by atoms with Crippen LogP contribution in [-0.2, 0) is 13.1 Å². The van der Waals surface area contributed by atoms with Crippen LogP contribution in [0.5, 0.6) is 5.75 Å². The molecule has 4 rings (SSSR count). The number of hydrogen-bond acceptors (Lipinski definition) is 6. The van der Waals surface area contributed by atoms with Gasteiger partial charge in [-0.15, -0.1) is 0 Å². The van der Waals surface area contributed by atoms with E-state index in [0.29, 0.717) is 10.6 Å². The molecule has 34 heavy (non-hydrogen) atoms. The van der Waals surface area contributed by atoms with E-state index in [4.69, 9.17) is 11.6 Å². The van der Waals surface area contributed by atoms with Gasteiger partial charge in [0.05, 0.1) is 0 Å². The van der Waals surface area contributed by atoms with Gasteiger partial charge in [-0.2, -0.15) is 0 Å². The number of halogens is 1. The minimum Gasteiger partial charge on any atom is -0.501 e. The number of H-pyrrole nitrogens is 1. The average Bonchev–Trinajstić information content (AvgIpc) is 2.83. The molecule has 178 valence electrons. The van der Waals surface area contributed by atoms with Gasteiger partial charge in [0, 0.05) is 49.9 Å². The zero-order valence-corrected chi connectivity index (χ0v) is 20.0. The van der Waals surface area contributed by atoms with Crippen molar-refractivity contribution in [1.82, 2.24) is 25.1 Å². The van der Waals surface area contributed by atoms with Crippen LogP contribution in [0, 0.1) is 6.92 Å². The second-order valence-corrected chi connectivity index (χ2v) is 9.06. The molecule has 0 saturated carbocycles. The van der Waals surface area contributed by atoms with E-state index in [1.165, 1.54) is 0 Å². The number of aromatic nitrogens is 2. The van der Waals surface area contributed by atoms with E-state index in [1.807, 2.05) is 43.3 Å². The van der Waals surface area contributed by atoms with Crippen molar-refractivity contribution in [1.29, 1.82) is 0 Å².